The van der Waals surface area contributed by atoms with Crippen LogP contribution in [0.25, 0.3) is 22.5 Å². The SMILES string of the molecule is Cc1ccc(CCn2ccc(-c3cc(-c4cccc(C#N)c4C)nc(N)n3)cc2=O)cc1. The number of aromatic nitrogens is 3. The number of aryl methyl sites for hydroxylation is 3. The molecule has 0 saturated heterocycles. The molecular weight excluding hydrogens is 398 g/mol. The number of hydrogen-bond acceptors (Lipinski definition) is 5. The first-order chi connectivity index (χ1) is 15.4. The van der Waals surface area contributed by atoms with Gasteiger partial charge in [-0.2, -0.15) is 5.26 Å². The van der Waals surface area contributed by atoms with Gasteiger partial charge in [-0.05, 0) is 49.6 Å². The third-order valence-electron chi connectivity index (χ3n) is 5.53. The van der Waals surface area contributed by atoms with Crippen LogP contribution in [0.3, 0.4) is 0 Å². The van der Waals surface area contributed by atoms with Crippen LogP contribution in [-0.4, -0.2) is 14.5 Å². The molecule has 2 N–H and O–H groups in total. The number of rotatable bonds is 5. The highest BCUT2D eigenvalue weighted by Crippen LogP contribution is 2.27. The Morgan fingerprint density at radius 3 is 2.47 bits per heavy atom. The van der Waals surface area contributed by atoms with E-state index < -0.39 is 0 Å². The predicted octanol–water partition coefficient (Wildman–Crippen LogP) is 4.29. The van der Waals surface area contributed by atoms with Crippen molar-refractivity contribution in [3.63, 3.8) is 0 Å². The van der Waals surface area contributed by atoms with Crippen LogP contribution in [0.15, 0.2) is 71.7 Å². The zero-order chi connectivity index (χ0) is 22.7. The normalized spacial score (nSPS) is 10.7. The average molecular weight is 422 g/mol. The lowest BCUT2D eigenvalue weighted by Crippen LogP contribution is -2.19. The summed E-state index contributed by atoms with van der Waals surface area (Å²) in [6.45, 7) is 4.53. The summed E-state index contributed by atoms with van der Waals surface area (Å²) in [4.78, 5) is 21.4. The lowest BCUT2D eigenvalue weighted by Gasteiger charge is -2.11. The fraction of sp³-hybridized carbons (Fsp3) is 0.154. The Labute approximate surface area is 186 Å². The molecule has 0 unspecified atom stereocenters. The van der Waals surface area contributed by atoms with Crippen LogP contribution >= 0.6 is 0 Å². The summed E-state index contributed by atoms with van der Waals surface area (Å²) in [5.41, 5.74) is 12.4. The van der Waals surface area contributed by atoms with Crippen molar-refractivity contribution < 1.29 is 0 Å². The Morgan fingerprint density at radius 2 is 1.75 bits per heavy atom. The van der Waals surface area contributed by atoms with Crippen LogP contribution in [0.4, 0.5) is 5.95 Å². The van der Waals surface area contributed by atoms with E-state index in [0.717, 1.165) is 17.5 Å². The molecule has 0 bridgehead atoms. The van der Waals surface area contributed by atoms with Gasteiger partial charge in [0, 0.05) is 29.9 Å². The molecule has 0 aliphatic rings. The fourth-order valence-electron chi connectivity index (χ4n) is 3.64. The summed E-state index contributed by atoms with van der Waals surface area (Å²) in [5.74, 6) is 0.114. The molecule has 0 aliphatic heterocycles. The van der Waals surface area contributed by atoms with Gasteiger partial charge < -0.3 is 10.3 Å². The fourth-order valence-corrected chi connectivity index (χ4v) is 3.64. The minimum atomic E-state index is -0.101. The van der Waals surface area contributed by atoms with E-state index in [1.165, 1.54) is 11.1 Å². The van der Waals surface area contributed by atoms with Gasteiger partial charge in [-0.1, -0.05) is 42.0 Å². The smallest absolute Gasteiger partial charge is 0.251 e. The van der Waals surface area contributed by atoms with Gasteiger partial charge in [-0.3, -0.25) is 4.79 Å². The molecule has 0 amide bonds. The van der Waals surface area contributed by atoms with Crippen LogP contribution in [0.1, 0.15) is 22.3 Å². The van der Waals surface area contributed by atoms with Crippen molar-refractivity contribution >= 4 is 5.95 Å². The van der Waals surface area contributed by atoms with Crippen molar-refractivity contribution in [1.29, 1.82) is 5.26 Å². The molecule has 0 atom stereocenters. The molecule has 0 fully saturated rings. The summed E-state index contributed by atoms with van der Waals surface area (Å²) >= 11 is 0. The van der Waals surface area contributed by atoms with Crippen LogP contribution in [0.2, 0.25) is 0 Å². The van der Waals surface area contributed by atoms with Gasteiger partial charge in [0.05, 0.1) is 23.0 Å². The Bertz CT molecular complexity index is 1380. The van der Waals surface area contributed by atoms with E-state index in [-0.39, 0.29) is 11.5 Å². The van der Waals surface area contributed by atoms with E-state index in [0.29, 0.717) is 29.1 Å². The molecule has 32 heavy (non-hydrogen) atoms. The maximum Gasteiger partial charge on any atom is 0.251 e. The molecule has 0 aliphatic carbocycles. The highest BCUT2D eigenvalue weighted by Gasteiger charge is 2.12. The van der Waals surface area contributed by atoms with E-state index in [1.807, 2.05) is 25.1 Å². The molecule has 0 spiro atoms. The largest absolute Gasteiger partial charge is 0.368 e. The topological polar surface area (TPSA) is 97.6 Å². The van der Waals surface area contributed by atoms with Gasteiger partial charge in [0.2, 0.25) is 5.95 Å². The molecule has 0 radical (unpaired) electrons. The summed E-state index contributed by atoms with van der Waals surface area (Å²) in [7, 11) is 0. The molecule has 2 aromatic heterocycles. The molecule has 0 saturated carbocycles. The average Bonchev–Trinajstić information content (AvgIpc) is 2.79. The Kier molecular flexibility index (Phi) is 5.82. The zero-order valence-corrected chi connectivity index (χ0v) is 18.0. The minimum Gasteiger partial charge on any atom is -0.368 e. The number of nitrogens with zero attached hydrogens (tertiary/aromatic N) is 4. The first-order valence-corrected chi connectivity index (χ1v) is 10.4. The van der Waals surface area contributed by atoms with Crippen molar-refractivity contribution in [2.45, 2.75) is 26.8 Å². The summed E-state index contributed by atoms with van der Waals surface area (Å²) in [6.07, 6.45) is 2.56. The Balaban J connectivity index is 1.63. The second-order valence-electron chi connectivity index (χ2n) is 7.77. The monoisotopic (exact) mass is 421 g/mol. The number of nitrogens with two attached hydrogens (primary N) is 1. The Hall–Kier alpha value is -4.24. The highest BCUT2D eigenvalue weighted by atomic mass is 16.1. The minimum absolute atomic E-state index is 0.101. The second kappa shape index (κ2) is 8.86. The van der Waals surface area contributed by atoms with Gasteiger partial charge >= 0.3 is 0 Å². The van der Waals surface area contributed by atoms with Gasteiger partial charge in [-0.25, -0.2) is 9.97 Å². The molecular formula is C26H23N5O. The molecule has 2 aromatic carbocycles. The van der Waals surface area contributed by atoms with Gasteiger partial charge in [-0.15, -0.1) is 0 Å². The molecule has 158 valence electrons. The standard InChI is InChI=1S/C26H23N5O/c1-17-6-8-19(9-7-17)10-12-31-13-11-20(14-25(31)32)23-15-24(30-26(28)29-23)22-5-3-4-21(16-27)18(22)2/h3-9,11,13-15H,10,12H2,1-2H3,(H2,28,29,30). The third-order valence-corrected chi connectivity index (χ3v) is 5.53. The third kappa shape index (κ3) is 4.42. The second-order valence-corrected chi connectivity index (χ2v) is 7.77. The summed E-state index contributed by atoms with van der Waals surface area (Å²) in [6, 6.07) is 21.2. The van der Waals surface area contributed by atoms with Crippen molar-refractivity contribution in [2.24, 2.45) is 0 Å². The van der Waals surface area contributed by atoms with Gasteiger partial charge in [0.25, 0.3) is 5.56 Å². The number of benzene rings is 2. The van der Waals surface area contributed by atoms with Crippen molar-refractivity contribution in [3.8, 4) is 28.6 Å². The van der Waals surface area contributed by atoms with E-state index in [2.05, 4.69) is 47.2 Å². The summed E-state index contributed by atoms with van der Waals surface area (Å²) in [5, 5.41) is 9.32. The van der Waals surface area contributed by atoms with E-state index >= 15 is 0 Å². The lowest BCUT2D eigenvalue weighted by atomic mass is 9.99. The highest BCUT2D eigenvalue weighted by molar-refractivity contribution is 5.72. The first-order valence-electron chi connectivity index (χ1n) is 10.4. The number of anilines is 1. The maximum atomic E-state index is 12.7. The van der Waals surface area contributed by atoms with Crippen molar-refractivity contribution in [3.05, 3.63) is 99.5 Å². The van der Waals surface area contributed by atoms with Gasteiger partial charge in [0.1, 0.15) is 0 Å². The first kappa shape index (κ1) is 21.0. The van der Waals surface area contributed by atoms with E-state index in [1.54, 1.807) is 29.0 Å². The Morgan fingerprint density at radius 1 is 1.00 bits per heavy atom. The molecule has 6 nitrogen and oxygen atoms in total. The van der Waals surface area contributed by atoms with Crippen LogP contribution in [0, 0.1) is 25.2 Å². The van der Waals surface area contributed by atoms with Crippen LogP contribution < -0.4 is 11.3 Å². The molecule has 6 heteroatoms. The predicted molar refractivity (Wildman–Crippen MR) is 126 cm³/mol. The number of hydrogen-bond donors (Lipinski definition) is 1. The zero-order valence-electron chi connectivity index (χ0n) is 18.0. The van der Waals surface area contributed by atoms with Crippen molar-refractivity contribution in [2.75, 3.05) is 5.73 Å². The van der Waals surface area contributed by atoms with Crippen molar-refractivity contribution in [1.82, 2.24) is 14.5 Å². The van der Waals surface area contributed by atoms with Gasteiger partial charge in [0.15, 0.2) is 0 Å². The molecule has 4 rings (SSSR count). The molecule has 2 heterocycles. The maximum absolute atomic E-state index is 12.7. The molecule has 4 aromatic rings. The number of nitrogen functional groups attached to an aromatic ring is 1. The quantitative estimate of drug-likeness (QED) is 0.518. The summed E-state index contributed by atoms with van der Waals surface area (Å²) < 4.78 is 1.69. The number of nitriles is 1. The van der Waals surface area contributed by atoms with E-state index in [9.17, 15) is 10.1 Å². The number of pyridine rings is 1. The lowest BCUT2D eigenvalue weighted by molar-refractivity contribution is 0.670. The van der Waals surface area contributed by atoms with Crippen LogP contribution in [0.5, 0.6) is 0 Å². The van der Waals surface area contributed by atoms with Crippen LogP contribution in [-0.2, 0) is 13.0 Å². The van der Waals surface area contributed by atoms with E-state index in [4.69, 9.17) is 5.73 Å².